The van der Waals surface area contributed by atoms with E-state index in [0.29, 0.717) is 10.6 Å². The van der Waals surface area contributed by atoms with Crippen LogP contribution in [0.25, 0.3) is 0 Å². The van der Waals surface area contributed by atoms with Gasteiger partial charge >= 0.3 is 5.97 Å². The summed E-state index contributed by atoms with van der Waals surface area (Å²) in [5, 5.41) is 2.93. The van der Waals surface area contributed by atoms with Gasteiger partial charge in [-0.25, -0.2) is 8.78 Å². The summed E-state index contributed by atoms with van der Waals surface area (Å²) in [6.45, 7) is -0.326. The fourth-order valence-electron chi connectivity index (χ4n) is 3.18. The van der Waals surface area contributed by atoms with Crippen LogP contribution in [-0.2, 0) is 20.7 Å². The molecule has 4 nitrogen and oxygen atoms in total. The molecule has 3 rings (SSSR count). The zero-order chi connectivity index (χ0) is 19.9. The Hall–Kier alpha value is -2.41. The number of hydrogen-bond acceptors (Lipinski definition) is 4. The molecular weight excluding hydrogens is 384 g/mol. The molecule has 0 aliphatic heterocycles. The SMILES string of the molecule is O=C(COC(=O)CCSc1ccc(F)c(F)c1)N[C@@H]1CCCc2ccccc21. The first-order valence-corrected chi connectivity index (χ1v) is 10.1. The number of halogens is 2. The lowest BCUT2D eigenvalue weighted by Crippen LogP contribution is -2.34. The number of fused-ring (bicyclic) bond motifs is 1. The van der Waals surface area contributed by atoms with Crippen LogP contribution >= 0.6 is 11.8 Å². The van der Waals surface area contributed by atoms with Gasteiger partial charge in [-0.3, -0.25) is 9.59 Å². The van der Waals surface area contributed by atoms with Crippen LogP contribution in [0, 0.1) is 11.6 Å². The molecule has 1 aliphatic carbocycles. The maximum absolute atomic E-state index is 13.1. The van der Waals surface area contributed by atoms with Crippen molar-refractivity contribution < 1.29 is 23.1 Å². The van der Waals surface area contributed by atoms with Crippen molar-refractivity contribution in [1.82, 2.24) is 5.32 Å². The molecular formula is C21H21F2NO3S. The third kappa shape index (κ3) is 5.55. The number of carbonyl (C=O) groups is 2. The highest BCUT2D eigenvalue weighted by Crippen LogP contribution is 2.29. The monoisotopic (exact) mass is 405 g/mol. The quantitative estimate of drug-likeness (QED) is 0.555. The van der Waals surface area contributed by atoms with E-state index in [-0.39, 0.29) is 25.0 Å². The standard InChI is InChI=1S/C21H21F2NO3S/c22-17-9-8-15(12-18(17)23)28-11-10-21(26)27-13-20(25)24-19-7-3-5-14-4-1-2-6-16(14)19/h1-2,4,6,8-9,12,19H,3,5,7,10-11,13H2,(H,24,25)/t19-/m1/s1. The van der Waals surface area contributed by atoms with Gasteiger partial charge in [-0.2, -0.15) is 0 Å². The molecule has 2 aromatic carbocycles. The van der Waals surface area contributed by atoms with Gasteiger partial charge in [0.15, 0.2) is 18.2 Å². The number of carbonyl (C=O) groups excluding carboxylic acids is 2. The minimum atomic E-state index is -0.923. The number of aryl methyl sites for hydroxylation is 1. The molecule has 0 unspecified atom stereocenters. The molecule has 0 radical (unpaired) electrons. The van der Waals surface area contributed by atoms with Gasteiger partial charge in [0.05, 0.1) is 12.5 Å². The van der Waals surface area contributed by atoms with Crippen LogP contribution < -0.4 is 5.32 Å². The maximum Gasteiger partial charge on any atom is 0.307 e. The number of esters is 1. The van der Waals surface area contributed by atoms with Crippen LogP contribution in [0.1, 0.15) is 36.4 Å². The van der Waals surface area contributed by atoms with Crippen LogP contribution in [0.2, 0.25) is 0 Å². The van der Waals surface area contributed by atoms with Crippen LogP contribution in [0.3, 0.4) is 0 Å². The molecule has 1 amide bonds. The second kappa shape index (κ2) is 9.68. The van der Waals surface area contributed by atoms with Crippen molar-refractivity contribution in [3.05, 3.63) is 65.2 Å². The lowest BCUT2D eigenvalue weighted by molar-refractivity contribution is -0.148. The van der Waals surface area contributed by atoms with Crippen LogP contribution in [0.15, 0.2) is 47.4 Å². The summed E-state index contributed by atoms with van der Waals surface area (Å²) in [5.74, 6) is -2.32. The Labute approximate surface area is 166 Å². The molecule has 0 aromatic heterocycles. The maximum atomic E-state index is 13.1. The lowest BCUT2D eigenvalue weighted by atomic mass is 9.88. The van der Waals surface area contributed by atoms with Crippen LogP contribution in [0.4, 0.5) is 8.78 Å². The topological polar surface area (TPSA) is 55.4 Å². The normalized spacial score (nSPS) is 15.6. The van der Waals surface area contributed by atoms with E-state index in [9.17, 15) is 18.4 Å². The largest absolute Gasteiger partial charge is 0.456 e. The Morgan fingerprint density at radius 1 is 1.14 bits per heavy atom. The first kappa shape index (κ1) is 20.3. The molecule has 1 atom stereocenters. The number of rotatable bonds is 7. The van der Waals surface area contributed by atoms with Crippen LogP contribution in [-0.4, -0.2) is 24.2 Å². The van der Waals surface area contributed by atoms with Crippen molar-refractivity contribution in [2.24, 2.45) is 0 Å². The van der Waals surface area contributed by atoms with Crippen molar-refractivity contribution in [2.75, 3.05) is 12.4 Å². The lowest BCUT2D eigenvalue weighted by Gasteiger charge is -2.26. The molecule has 0 bridgehead atoms. The number of benzene rings is 2. The van der Waals surface area contributed by atoms with Gasteiger partial charge in [0.2, 0.25) is 0 Å². The van der Waals surface area contributed by atoms with Gasteiger partial charge in [0.25, 0.3) is 5.91 Å². The Morgan fingerprint density at radius 2 is 1.96 bits per heavy atom. The fraction of sp³-hybridized carbons (Fsp3) is 0.333. The average Bonchev–Trinajstić information content (AvgIpc) is 2.69. The Kier molecular flexibility index (Phi) is 7.03. The van der Waals surface area contributed by atoms with Gasteiger partial charge in [-0.05, 0) is 48.6 Å². The summed E-state index contributed by atoms with van der Waals surface area (Å²) < 4.78 is 31.0. The predicted octanol–water partition coefficient (Wildman–Crippen LogP) is 4.18. The minimum absolute atomic E-state index is 0.0555. The number of amides is 1. The van der Waals surface area contributed by atoms with Crippen molar-refractivity contribution in [2.45, 2.75) is 36.6 Å². The molecule has 1 N–H and O–H groups in total. The summed E-state index contributed by atoms with van der Waals surface area (Å²) >= 11 is 1.22. The molecule has 0 heterocycles. The van der Waals surface area contributed by atoms with Crippen molar-refractivity contribution in [1.29, 1.82) is 0 Å². The predicted molar refractivity (Wildman–Crippen MR) is 103 cm³/mol. The van der Waals surface area contributed by atoms with Gasteiger partial charge in [-0.1, -0.05) is 24.3 Å². The van der Waals surface area contributed by atoms with Crippen molar-refractivity contribution in [3.8, 4) is 0 Å². The van der Waals surface area contributed by atoms with E-state index in [2.05, 4.69) is 11.4 Å². The zero-order valence-electron chi connectivity index (χ0n) is 15.3. The second-order valence-electron chi connectivity index (χ2n) is 6.55. The van der Waals surface area contributed by atoms with Gasteiger partial charge in [0.1, 0.15) is 0 Å². The Morgan fingerprint density at radius 3 is 2.79 bits per heavy atom. The van der Waals surface area contributed by atoms with Crippen molar-refractivity contribution >= 4 is 23.6 Å². The summed E-state index contributed by atoms with van der Waals surface area (Å²) in [7, 11) is 0. The molecule has 148 valence electrons. The van der Waals surface area contributed by atoms with E-state index in [4.69, 9.17) is 4.74 Å². The Bertz CT molecular complexity index is 859. The average molecular weight is 405 g/mol. The molecule has 2 aromatic rings. The first-order chi connectivity index (χ1) is 13.5. The third-order valence-corrected chi connectivity index (χ3v) is 5.53. The molecule has 0 saturated heterocycles. The van der Waals surface area contributed by atoms with E-state index in [1.807, 2.05) is 18.2 Å². The highest BCUT2D eigenvalue weighted by atomic mass is 32.2. The summed E-state index contributed by atoms with van der Waals surface area (Å²) in [6, 6.07) is 11.5. The van der Waals surface area contributed by atoms with E-state index < -0.39 is 17.6 Å². The molecule has 7 heteroatoms. The fourth-order valence-corrected chi connectivity index (χ4v) is 4.03. The van der Waals surface area contributed by atoms with Gasteiger partial charge in [-0.15, -0.1) is 11.8 Å². The zero-order valence-corrected chi connectivity index (χ0v) is 16.1. The van der Waals surface area contributed by atoms with Gasteiger partial charge < -0.3 is 10.1 Å². The minimum Gasteiger partial charge on any atom is -0.456 e. The van der Waals surface area contributed by atoms with Crippen LogP contribution in [0.5, 0.6) is 0 Å². The number of hydrogen-bond donors (Lipinski definition) is 1. The second-order valence-corrected chi connectivity index (χ2v) is 7.71. The highest BCUT2D eigenvalue weighted by molar-refractivity contribution is 7.99. The smallest absolute Gasteiger partial charge is 0.307 e. The molecule has 1 aliphatic rings. The van der Waals surface area contributed by atoms with E-state index in [1.165, 1.54) is 23.4 Å². The number of thioether (sulfide) groups is 1. The van der Waals surface area contributed by atoms with E-state index >= 15 is 0 Å². The highest BCUT2D eigenvalue weighted by Gasteiger charge is 2.21. The molecule has 0 fully saturated rings. The molecule has 0 spiro atoms. The molecule has 28 heavy (non-hydrogen) atoms. The van der Waals surface area contributed by atoms with Crippen molar-refractivity contribution in [3.63, 3.8) is 0 Å². The number of nitrogens with one attached hydrogen (secondary N) is 1. The summed E-state index contributed by atoms with van der Waals surface area (Å²) in [4.78, 5) is 24.4. The molecule has 0 saturated carbocycles. The number of ether oxygens (including phenoxy) is 1. The van der Waals surface area contributed by atoms with E-state index in [1.54, 1.807) is 0 Å². The summed E-state index contributed by atoms with van der Waals surface area (Å²) in [6.07, 6.45) is 2.95. The first-order valence-electron chi connectivity index (χ1n) is 9.13. The van der Waals surface area contributed by atoms with Gasteiger partial charge in [0, 0.05) is 10.6 Å². The van der Waals surface area contributed by atoms with E-state index in [0.717, 1.165) is 37.0 Å². The third-order valence-electron chi connectivity index (χ3n) is 4.53. The Balaban J connectivity index is 1.39. The summed E-state index contributed by atoms with van der Waals surface area (Å²) in [5.41, 5.74) is 2.36.